The van der Waals surface area contributed by atoms with Gasteiger partial charge in [-0.2, -0.15) is 13.2 Å². The van der Waals surface area contributed by atoms with Crippen molar-refractivity contribution in [2.75, 3.05) is 6.61 Å². The molecule has 1 aromatic rings. The summed E-state index contributed by atoms with van der Waals surface area (Å²) in [5.41, 5.74) is -1.31. The lowest BCUT2D eigenvalue weighted by molar-refractivity contribution is -0.139. The monoisotopic (exact) mass is 277 g/mol. The molecule has 0 aromatic carbocycles. The number of pyridine rings is 1. The van der Waals surface area contributed by atoms with Crippen molar-refractivity contribution in [3.63, 3.8) is 0 Å². The Kier molecular flexibility index (Phi) is 4.68. The van der Waals surface area contributed by atoms with Crippen molar-refractivity contribution in [2.45, 2.75) is 26.9 Å². The van der Waals surface area contributed by atoms with Crippen molar-refractivity contribution < 1.29 is 27.6 Å². The Morgan fingerprint density at radius 2 is 1.95 bits per heavy atom. The predicted molar refractivity (Wildman–Crippen MR) is 64.2 cm³/mol. The fourth-order valence-electron chi connectivity index (χ4n) is 1.19. The standard InChI is InChI=1S/C11H15BF3NO3/c1-10(2,3)6-18-9-8(11(13,14)15)4-7(5-16-9)19-12-17/h4-5,12,17H,6H2,1-3H3. The highest BCUT2D eigenvalue weighted by molar-refractivity contribution is 6.17. The topological polar surface area (TPSA) is 51.6 Å². The van der Waals surface area contributed by atoms with E-state index in [0.29, 0.717) is 0 Å². The van der Waals surface area contributed by atoms with Crippen LogP contribution in [0.4, 0.5) is 13.2 Å². The second-order valence-corrected chi connectivity index (χ2v) is 5.14. The second kappa shape index (κ2) is 5.69. The number of halogens is 3. The highest BCUT2D eigenvalue weighted by Gasteiger charge is 2.36. The van der Waals surface area contributed by atoms with Crippen LogP contribution >= 0.6 is 0 Å². The molecule has 8 heteroatoms. The molecule has 0 bridgehead atoms. The molecule has 1 aromatic heterocycles. The van der Waals surface area contributed by atoms with Crippen LogP contribution in [0.3, 0.4) is 0 Å². The molecule has 0 saturated carbocycles. The van der Waals surface area contributed by atoms with Crippen molar-refractivity contribution >= 4 is 7.69 Å². The van der Waals surface area contributed by atoms with Gasteiger partial charge in [0.25, 0.3) is 0 Å². The molecule has 0 saturated heterocycles. The van der Waals surface area contributed by atoms with Crippen molar-refractivity contribution in [3.8, 4) is 11.6 Å². The molecule has 4 nitrogen and oxygen atoms in total. The molecule has 0 radical (unpaired) electrons. The van der Waals surface area contributed by atoms with Gasteiger partial charge in [0.15, 0.2) is 0 Å². The van der Waals surface area contributed by atoms with Gasteiger partial charge in [-0.05, 0) is 11.5 Å². The van der Waals surface area contributed by atoms with Gasteiger partial charge < -0.3 is 14.4 Å². The minimum atomic E-state index is -4.60. The predicted octanol–water partition coefficient (Wildman–Crippen LogP) is 2.16. The van der Waals surface area contributed by atoms with Crippen LogP contribution in [-0.4, -0.2) is 24.3 Å². The Labute approximate surface area is 109 Å². The van der Waals surface area contributed by atoms with Crippen LogP contribution < -0.4 is 9.39 Å². The van der Waals surface area contributed by atoms with E-state index >= 15 is 0 Å². The fraction of sp³-hybridized carbons (Fsp3) is 0.545. The summed E-state index contributed by atoms with van der Waals surface area (Å²) in [5.74, 6) is -0.661. The zero-order chi connectivity index (χ0) is 14.7. The number of hydrogen-bond donors (Lipinski definition) is 1. The van der Waals surface area contributed by atoms with Gasteiger partial charge in [0.1, 0.15) is 11.3 Å². The Hall–Kier alpha value is -1.44. The summed E-state index contributed by atoms with van der Waals surface area (Å²) in [5, 5.41) is 8.53. The maximum absolute atomic E-state index is 12.9. The van der Waals surface area contributed by atoms with E-state index in [0.717, 1.165) is 12.3 Å². The van der Waals surface area contributed by atoms with Gasteiger partial charge in [-0.15, -0.1) is 0 Å². The highest BCUT2D eigenvalue weighted by atomic mass is 19.4. The van der Waals surface area contributed by atoms with Gasteiger partial charge in [0.05, 0.1) is 12.8 Å². The molecule has 1 heterocycles. The number of nitrogens with zero attached hydrogens (tertiary/aromatic N) is 1. The average molecular weight is 277 g/mol. The van der Waals surface area contributed by atoms with Crippen LogP contribution in [0, 0.1) is 5.41 Å². The SMILES string of the molecule is CC(C)(C)COc1ncc(OBO)cc1C(F)(F)F. The van der Waals surface area contributed by atoms with E-state index in [4.69, 9.17) is 9.76 Å². The summed E-state index contributed by atoms with van der Waals surface area (Å²) in [6.45, 7) is 5.61. The lowest BCUT2D eigenvalue weighted by Gasteiger charge is -2.20. The van der Waals surface area contributed by atoms with Gasteiger partial charge in [-0.3, -0.25) is 0 Å². The first-order valence-electron chi connectivity index (χ1n) is 5.57. The molecule has 0 spiro atoms. The number of rotatable bonds is 4. The first-order valence-corrected chi connectivity index (χ1v) is 5.57. The van der Waals surface area contributed by atoms with E-state index in [1.807, 2.05) is 20.8 Å². The molecule has 1 N–H and O–H groups in total. The van der Waals surface area contributed by atoms with Gasteiger partial charge >= 0.3 is 13.9 Å². The molecule has 0 unspecified atom stereocenters. The molecule has 0 atom stereocenters. The zero-order valence-electron chi connectivity index (χ0n) is 10.9. The summed E-state index contributed by atoms with van der Waals surface area (Å²) >= 11 is 0. The van der Waals surface area contributed by atoms with E-state index < -0.39 is 25.3 Å². The van der Waals surface area contributed by atoms with Gasteiger partial charge in [0, 0.05) is 0 Å². The molecule has 0 amide bonds. The van der Waals surface area contributed by atoms with Crippen molar-refractivity contribution in [1.29, 1.82) is 0 Å². The van der Waals surface area contributed by atoms with Crippen LogP contribution in [0.15, 0.2) is 12.3 Å². The molecule has 106 valence electrons. The van der Waals surface area contributed by atoms with E-state index in [2.05, 4.69) is 9.64 Å². The summed E-state index contributed by atoms with van der Waals surface area (Å²) in [6, 6.07) is 0.751. The van der Waals surface area contributed by atoms with Crippen LogP contribution in [0.1, 0.15) is 26.3 Å². The molecular weight excluding hydrogens is 262 g/mol. The first-order chi connectivity index (χ1) is 8.63. The normalized spacial score (nSPS) is 12.2. The minimum absolute atomic E-state index is 0.100. The lowest BCUT2D eigenvalue weighted by atomic mass is 9.99. The van der Waals surface area contributed by atoms with Crippen LogP contribution in [0.25, 0.3) is 0 Å². The average Bonchev–Trinajstić information content (AvgIpc) is 2.25. The maximum Gasteiger partial charge on any atom is 0.504 e. The lowest BCUT2D eigenvalue weighted by Crippen LogP contribution is -2.19. The second-order valence-electron chi connectivity index (χ2n) is 5.14. The Bertz CT molecular complexity index is 432. The van der Waals surface area contributed by atoms with Crippen LogP contribution in [0.2, 0.25) is 0 Å². The van der Waals surface area contributed by atoms with E-state index in [1.54, 1.807) is 0 Å². The maximum atomic E-state index is 12.9. The molecule has 0 aliphatic carbocycles. The van der Waals surface area contributed by atoms with E-state index in [-0.39, 0.29) is 17.8 Å². The van der Waals surface area contributed by atoms with Crippen LogP contribution in [0.5, 0.6) is 11.6 Å². The van der Waals surface area contributed by atoms with E-state index in [9.17, 15) is 13.2 Å². The van der Waals surface area contributed by atoms with Crippen molar-refractivity contribution in [1.82, 2.24) is 4.98 Å². The highest BCUT2D eigenvalue weighted by Crippen LogP contribution is 2.37. The molecule has 0 aliphatic heterocycles. The third kappa shape index (κ3) is 4.98. The zero-order valence-corrected chi connectivity index (χ0v) is 10.9. The fourth-order valence-corrected chi connectivity index (χ4v) is 1.19. The molecule has 0 fully saturated rings. The molecule has 19 heavy (non-hydrogen) atoms. The third-order valence-corrected chi connectivity index (χ3v) is 2.00. The summed E-state index contributed by atoms with van der Waals surface area (Å²) in [7, 11) is -0.721. The number of aromatic nitrogens is 1. The van der Waals surface area contributed by atoms with Gasteiger partial charge in [0.2, 0.25) is 5.88 Å². The minimum Gasteiger partial charge on any atom is -0.538 e. The molecule has 0 aliphatic rings. The summed E-state index contributed by atoms with van der Waals surface area (Å²) in [6.07, 6.45) is -3.53. The van der Waals surface area contributed by atoms with E-state index in [1.165, 1.54) is 0 Å². The van der Waals surface area contributed by atoms with Gasteiger partial charge in [-0.25, -0.2) is 4.98 Å². The summed E-state index contributed by atoms with van der Waals surface area (Å²) in [4.78, 5) is 3.59. The Morgan fingerprint density at radius 1 is 1.32 bits per heavy atom. The Balaban J connectivity index is 3.03. The third-order valence-electron chi connectivity index (χ3n) is 2.00. The van der Waals surface area contributed by atoms with Crippen molar-refractivity contribution in [2.24, 2.45) is 5.41 Å². The largest absolute Gasteiger partial charge is 0.538 e. The quantitative estimate of drug-likeness (QED) is 0.857. The van der Waals surface area contributed by atoms with Crippen molar-refractivity contribution in [3.05, 3.63) is 17.8 Å². The molecule has 1 rings (SSSR count). The van der Waals surface area contributed by atoms with Crippen LogP contribution in [-0.2, 0) is 6.18 Å². The number of hydrogen-bond acceptors (Lipinski definition) is 4. The first kappa shape index (κ1) is 15.6. The smallest absolute Gasteiger partial charge is 0.504 e. The number of alkyl halides is 3. The molecular formula is C11H15BF3NO3. The Morgan fingerprint density at radius 3 is 2.42 bits per heavy atom. The number of ether oxygens (including phenoxy) is 1. The van der Waals surface area contributed by atoms with Gasteiger partial charge in [-0.1, -0.05) is 20.8 Å². The summed E-state index contributed by atoms with van der Waals surface area (Å²) < 4.78 is 48.2.